The zero-order valence-corrected chi connectivity index (χ0v) is 13.2. The van der Waals surface area contributed by atoms with Crippen molar-refractivity contribution in [3.8, 4) is 5.69 Å². The van der Waals surface area contributed by atoms with Crippen LogP contribution >= 0.6 is 35.4 Å². The van der Waals surface area contributed by atoms with E-state index in [1.165, 1.54) is 32.1 Å². The highest BCUT2D eigenvalue weighted by molar-refractivity contribution is 7.71. The van der Waals surface area contributed by atoms with Crippen molar-refractivity contribution in [3.05, 3.63) is 38.8 Å². The van der Waals surface area contributed by atoms with E-state index in [2.05, 4.69) is 10.2 Å². The van der Waals surface area contributed by atoms with Gasteiger partial charge < -0.3 is 0 Å². The molecule has 0 unspecified atom stereocenters. The van der Waals surface area contributed by atoms with E-state index in [9.17, 15) is 0 Å². The average molecular weight is 328 g/mol. The second-order valence-electron chi connectivity index (χ2n) is 5.16. The Balaban J connectivity index is 2.06. The number of hydrogen-bond donors (Lipinski definition) is 1. The molecule has 2 aromatic rings. The molecule has 3 rings (SSSR count). The lowest BCUT2D eigenvalue weighted by Gasteiger charge is -2.21. The fraction of sp³-hybridized carbons (Fsp3) is 0.429. The van der Waals surface area contributed by atoms with Crippen molar-refractivity contribution >= 4 is 35.4 Å². The second-order valence-corrected chi connectivity index (χ2v) is 6.36. The van der Waals surface area contributed by atoms with Crippen LogP contribution in [0.1, 0.15) is 43.8 Å². The van der Waals surface area contributed by atoms with Gasteiger partial charge in [-0.2, -0.15) is 5.10 Å². The van der Waals surface area contributed by atoms with E-state index in [4.69, 9.17) is 35.4 Å². The minimum Gasteiger partial charge on any atom is -0.272 e. The largest absolute Gasteiger partial charge is 0.272 e. The summed E-state index contributed by atoms with van der Waals surface area (Å²) in [5, 5.41) is 8.42. The van der Waals surface area contributed by atoms with Crippen molar-refractivity contribution in [1.82, 2.24) is 14.8 Å². The number of aromatic nitrogens is 3. The minimum atomic E-state index is 0.464. The Hall–Kier alpha value is -0.840. The molecule has 1 aromatic heterocycles. The fourth-order valence-electron chi connectivity index (χ4n) is 2.82. The first-order valence-electron chi connectivity index (χ1n) is 6.79. The summed E-state index contributed by atoms with van der Waals surface area (Å²) in [6.45, 7) is 0. The van der Waals surface area contributed by atoms with Crippen LogP contribution in [0.5, 0.6) is 0 Å². The van der Waals surface area contributed by atoms with Crippen molar-refractivity contribution in [2.24, 2.45) is 0 Å². The normalized spacial score (nSPS) is 16.5. The first kappa shape index (κ1) is 14.1. The molecule has 0 atom stereocenters. The summed E-state index contributed by atoms with van der Waals surface area (Å²) in [5.41, 5.74) is 0.915. The van der Waals surface area contributed by atoms with Crippen LogP contribution in [-0.2, 0) is 0 Å². The molecule has 1 heterocycles. The molecule has 106 valence electrons. The molecule has 1 fully saturated rings. The number of halogens is 2. The summed E-state index contributed by atoms with van der Waals surface area (Å²) in [5.74, 6) is 1.47. The molecule has 6 heteroatoms. The summed E-state index contributed by atoms with van der Waals surface area (Å²) in [4.78, 5) is 0. The van der Waals surface area contributed by atoms with Crippen LogP contribution in [0.15, 0.2) is 18.2 Å². The number of rotatable bonds is 2. The molecule has 0 spiro atoms. The van der Waals surface area contributed by atoms with Crippen LogP contribution in [0, 0.1) is 4.77 Å². The molecule has 1 aliphatic rings. The zero-order valence-electron chi connectivity index (χ0n) is 10.9. The van der Waals surface area contributed by atoms with E-state index in [1.54, 1.807) is 6.07 Å². The van der Waals surface area contributed by atoms with Gasteiger partial charge in [0.1, 0.15) is 5.82 Å². The Morgan fingerprint density at radius 1 is 1.15 bits per heavy atom. The topological polar surface area (TPSA) is 33.6 Å². The van der Waals surface area contributed by atoms with Gasteiger partial charge in [0, 0.05) is 5.92 Å². The van der Waals surface area contributed by atoms with E-state index in [0.29, 0.717) is 20.7 Å². The summed E-state index contributed by atoms with van der Waals surface area (Å²) in [6.07, 6.45) is 6.16. The van der Waals surface area contributed by atoms with Crippen LogP contribution in [0.25, 0.3) is 5.69 Å². The predicted molar refractivity (Wildman–Crippen MR) is 84.6 cm³/mol. The maximum atomic E-state index is 6.11. The lowest BCUT2D eigenvalue weighted by Crippen LogP contribution is -2.11. The van der Waals surface area contributed by atoms with Crippen molar-refractivity contribution in [2.45, 2.75) is 38.0 Å². The van der Waals surface area contributed by atoms with Gasteiger partial charge in [0.2, 0.25) is 0 Å². The van der Waals surface area contributed by atoms with Gasteiger partial charge in [-0.05, 0) is 43.3 Å². The Morgan fingerprint density at radius 3 is 2.60 bits per heavy atom. The predicted octanol–water partition coefficient (Wildman–Crippen LogP) is 5.28. The van der Waals surface area contributed by atoms with Crippen molar-refractivity contribution in [1.29, 1.82) is 0 Å². The summed E-state index contributed by atoms with van der Waals surface area (Å²) < 4.78 is 2.58. The number of hydrogen-bond acceptors (Lipinski definition) is 2. The molecule has 3 nitrogen and oxygen atoms in total. The highest BCUT2D eigenvalue weighted by Gasteiger charge is 2.22. The van der Waals surface area contributed by atoms with Gasteiger partial charge in [0.25, 0.3) is 0 Å². The molecule has 1 aliphatic carbocycles. The number of aromatic amines is 1. The second kappa shape index (κ2) is 5.88. The van der Waals surface area contributed by atoms with E-state index in [-0.39, 0.29) is 0 Å². The van der Waals surface area contributed by atoms with Crippen molar-refractivity contribution < 1.29 is 0 Å². The zero-order chi connectivity index (χ0) is 14.1. The third-order valence-electron chi connectivity index (χ3n) is 3.83. The van der Waals surface area contributed by atoms with E-state index >= 15 is 0 Å². The van der Waals surface area contributed by atoms with Crippen molar-refractivity contribution in [3.63, 3.8) is 0 Å². The minimum absolute atomic E-state index is 0.464. The number of nitrogens with one attached hydrogen (secondary N) is 1. The SMILES string of the molecule is S=c1[nH]nc(C2CCCCC2)n1-c1ccc(Cl)c(Cl)c1. The average Bonchev–Trinajstić information content (AvgIpc) is 2.85. The lowest BCUT2D eigenvalue weighted by molar-refractivity contribution is 0.424. The van der Waals surface area contributed by atoms with Gasteiger partial charge in [-0.15, -0.1) is 0 Å². The Labute approximate surface area is 132 Å². The lowest BCUT2D eigenvalue weighted by atomic mass is 9.88. The van der Waals surface area contributed by atoms with Gasteiger partial charge in [0.15, 0.2) is 4.77 Å². The number of benzene rings is 1. The molecule has 0 amide bonds. The molecule has 0 saturated heterocycles. The van der Waals surface area contributed by atoms with E-state index in [1.807, 2.05) is 16.7 Å². The quantitative estimate of drug-likeness (QED) is 0.761. The smallest absolute Gasteiger partial charge is 0.199 e. The van der Waals surface area contributed by atoms with E-state index in [0.717, 1.165) is 11.5 Å². The molecular weight excluding hydrogens is 313 g/mol. The van der Waals surface area contributed by atoms with Crippen LogP contribution in [0.4, 0.5) is 0 Å². The standard InChI is InChI=1S/C14H15Cl2N3S/c15-11-7-6-10(8-12(11)16)19-13(17-18-14(19)20)9-4-2-1-3-5-9/h6-9H,1-5H2,(H,18,20). The highest BCUT2D eigenvalue weighted by Crippen LogP contribution is 2.33. The number of H-pyrrole nitrogens is 1. The highest BCUT2D eigenvalue weighted by atomic mass is 35.5. The van der Waals surface area contributed by atoms with Gasteiger partial charge in [-0.3, -0.25) is 9.67 Å². The van der Waals surface area contributed by atoms with Gasteiger partial charge >= 0.3 is 0 Å². The Kier molecular flexibility index (Phi) is 4.15. The molecule has 1 saturated carbocycles. The summed E-state index contributed by atoms with van der Waals surface area (Å²) in [7, 11) is 0. The molecule has 0 aliphatic heterocycles. The number of nitrogens with zero attached hydrogens (tertiary/aromatic N) is 2. The molecular formula is C14H15Cl2N3S. The third kappa shape index (κ3) is 2.65. The maximum absolute atomic E-state index is 6.11. The third-order valence-corrected chi connectivity index (χ3v) is 4.84. The van der Waals surface area contributed by atoms with Crippen molar-refractivity contribution in [2.75, 3.05) is 0 Å². The van der Waals surface area contributed by atoms with Gasteiger partial charge in [-0.1, -0.05) is 42.5 Å². The summed E-state index contributed by atoms with van der Waals surface area (Å²) >= 11 is 17.5. The maximum Gasteiger partial charge on any atom is 0.199 e. The summed E-state index contributed by atoms with van der Waals surface area (Å²) in [6, 6.07) is 5.55. The molecule has 0 radical (unpaired) electrons. The van der Waals surface area contributed by atoms with Gasteiger partial charge in [0.05, 0.1) is 15.7 Å². The molecule has 1 N–H and O–H groups in total. The monoisotopic (exact) mass is 327 g/mol. The fourth-order valence-corrected chi connectivity index (χ4v) is 3.35. The van der Waals surface area contributed by atoms with Crippen LogP contribution < -0.4 is 0 Å². The molecule has 20 heavy (non-hydrogen) atoms. The Morgan fingerprint density at radius 2 is 1.90 bits per heavy atom. The van der Waals surface area contributed by atoms with Crippen LogP contribution in [-0.4, -0.2) is 14.8 Å². The molecule has 1 aromatic carbocycles. The van der Waals surface area contributed by atoms with Crippen LogP contribution in [0.3, 0.4) is 0 Å². The molecule has 0 bridgehead atoms. The first-order chi connectivity index (χ1) is 9.66. The first-order valence-corrected chi connectivity index (χ1v) is 7.96. The Bertz CT molecular complexity index is 671. The van der Waals surface area contributed by atoms with Crippen LogP contribution in [0.2, 0.25) is 10.0 Å². The van der Waals surface area contributed by atoms with Gasteiger partial charge in [-0.25, -0.2) is 0 Å². The van der Waals surface area contributed by atoms with E-state index < -0.39 is 0 Å².